The molecule has 0 bridgehead atoms. The summed E-state index contributed by atoms with van der Waals surface area (Å²) in [7, 11) is 0. The highest BCUT2D eigenvalue weighted by Crippen LogP contribution is 2.12. The Hall–Kier alpha value is -0.0400. The molecule has 0 fully saturated rings. The van der Waals surface area contributed by atoms with Crippen molar-refractivity contribution < 1.29 is 0 Å². The summed E-state index contributed by atoms with van der Waals surface area (Å²) in [5.41, 5.74) is 0.330. The lowest BCUT2D eigenvalue weighted by Gasteiger charge is -2.27. The number of hydrogen-bond donors (Lipinski definition) is 1. The second kappa shape index (κ2) is 6.42. The zero-order valence-corrected chi connectivity index (χ0v) is 10.1. The number of hydrogen-bond acceptors (Lipinski definition) is 1. The van der Waals surface area contributed by atoms with Crippen molar-refractivity contribution in [2.45, 2.75) is 65.8 Å². The second-order valence-electron chi connectivity index (χ2n) is 4.91. The summed E-state index contributed by atoms with van der Waals surface area (Å²) < 4.78 is 0. The zero-order chi connectivity index (χ0) is 10.3. The average molecular weight is 185 g/mol. The van der Waals surface area contributed by atoms with Crippen LogP contribution in [-0.2, 0) is 0 Å². The molecule has 0 aliphatic carbocycles. The predicted octanol–water partition coefficient (Wildman–Crippen LogP) is 3.59. The SMILES string of the molecule is CCCC(C)CNC(C)(C)CCC. The third-order valence-electron chi connectivity index (χ3n) is 2.59. The van der Waals surface area contributed by atoms with Crippen LogP contribution in [0.1, 0.15) is 60.3 Å². The summed E-state index contributed by atoms with van der Waals surface area (Å²) in [4.78, 5) is 0. The molecule has 0 aromatic rings. The van der Waals surface area contributed by atoms with E-state index < -0.39 is 0 Å². The molecule has 1 N–H and O–H groups in total. The molecule has 0 saturated heterocycles. The van der Waals surface area contributed by atoms with Gasteiger partial charge in [0.2, 0.25) is 0 Å². The molecule has 0 radical (unpaired) electrons. The van der Waals surface area contributed by atoms with Crippen LogP contribution in [0.15, 0.2) is 0 Å². The van der Waals surface area contributed by atoms with E-state index in [9.17, 15) is 0 Å². The first kappa shape index (κ1) is 13.0. The normalized spacial score (nSPS) is 14.5. The smallest absolute Gasteiger partial charge is 0.0125 e. The Bertz CT molecular complexity index is 118. The van der Waals surface area contributed by atoms with E-state index in [1.54, 1.807) is 0 Å². The van der Waals surface area contributed by atoms with E-state index >= 15 is 0 Å². The maximum absolute atomic E-state index is 3.64. The summed E-state index contributed by atoms with van der Waals surface area (Å²) in [5.74, 6) is 0.820. The largest absolute Gasteiger partial charge is 0.312 e. The van der Waals surface area contributed by atoms with Crippen LogP contribution >= 0.6 is 0 Å². The molecule has 0 saturated carbocycles. The van der Waals surface area contributed by atoms with Crippen molar-refractivity contribution >= 4 is 0 Å². The molecule has 80 valence electrons. The van der Waals surface area contributed by atoms with Gasteiger partial charge < -0.3 is 5.32 Å². The van der Waals surface area contributed by atoms with E-state index in [4.69, 9.17) is 0 Å². The molecule has 1 atom stereocenters. The van der Waals surface area contributed by atoms with Gasteiger partial charge in [0, 0.05) is 5.54 Å². The summed E-state index contributed by atoms with van der Waals surface area (Å²) in [6.07, 6.45) is 5.18. The Kier molecular flexibility index (Phi) is 6.40. The van der Waals surface area contributed by atoms with Crippen LogP contribution in [-0.4, -0.2) is 12.1 Å². The molecule has 0 amide bonds. The van der Waals surface area contributed by atoms with Gasteiger partial charge in [0.25, 0.3) is 0 Å². The third-order valence-corrected chi connectivity index (χ3v) is 2.59. The Morgan fingerprint density at radius 3 is 2.23 bits per heavy atom. The third kappa shape index (κ3) is 7.06. The van der Waals surface area contributed by atoms with Crippen LogP contribution in [0.3, 0.4) is 0 Å². The first-order valence-corrected chi connectivity index (χ1v) is 5.77. The Balaban J connectivity index is 3.60. The molecule has 0 spiro atoms. The van der Waals surface area contributed by atoms with Gasteiger partial charge in [-0.05, 0) is 39.2 Å². The van der Waals surface area contributed by atoms with E-state index in [-0.39, 0.29) is 0 Å². The van der Waals surface area contributed by atoms with Gasteiger partial charge in [-0.15, -0.1) is 0 Å². The monoisotopic (exact) mass is 185 g/mol. The number of nitrogens with one attached hydrogen (secondary N) is 1. The van der Waals surface area contributed by atoms with Crippen LogP contribution in [0.25, 0.3) is 0 Å². The molecule has 1 unspecified atom stereocenters. The fourth-order valence-electron chi connectivity index (χ4n) is 1.76. The first-order chi connectivity index (χ1) is 6.02. The second-order valence-corrected chi connectivity index (χ2v) is 4.91. The Morgan fingerprint density at radius 2 is 1.77 bits per heavy atom. The first-order valence-electron chi connectivity index (χ1n) is 5.77. The fourth-order valence-corrected chi connectivity index (χ4v) is 1.76. The highest BCUT2D eigenvalue weighted by Gasteiger charge is 2.15. The molecule has 0 aromatic carbocycles. The lowest BCUT2D eigenvalue weighted by molar-refractivity contribution is 0.326. The van der Waals surface area contributed by atoms with Crippen LogP contribution in [0.2, 0.25) is 0 Å². The van der Waals surface area contributed by atoms with Crippen molar-refractivity contribution in [3.05, 3.63) is 0 Å². The maximum atomic E-state index is 3.64. The molecule has 0 aromatic heterocycles. The van der Waals surface area contributed by atoms with Crippen molar-refractivity contribution in [1.29, 1.82) is 0 Å². The van der Waals surface area contributed by atoms with E-state index in [1.807, 2.05) is 0 Å². The molecule has 1 nitrogen and oxygen atoms in total. The minimum atomic E-state index is 0.330. The molecule has 0 aliphatic heterocycles. The van der Waals surface area contributed by atoms with Crippen LogP contribution in [0.4, 0.5) is 0 Å². The Labute approximate surface area is 84.3 Å². The van der Waals surface area contributed by atoms with Gasteiger partial charge in [-0.2, -0.15) is 0 Å². The van der Waals surface area contributed by atoms with E-state index in [0.717, 1.165) is 5.92 Å². The predicted molar refractivity (Wildman–Crippen MR) is 61.1 cm³/mol. The van der Waals surface area contributed by atoms with Gasteiger partial charge in [0.05, 0.1) is 0 Å². The molecule has 13 heavy (non-hydrogen) atoms. The summed E-state index contributed by atoms with van der Waals surface area (Å²) >= 11 is 0. The van der Waals surface area contributed by atoms with Crippen molar-refractivity contribution in [2.24, 2.45) is 5.92 Å². The highest BCUT2D eigenvalue weighted by atomic mass is 14.9. The lowest BCUT2D eigenvalue weighted by Crippen LogP contribution is -2.41. The maximum Gasteiger partial charge on any atom is 0.0125 e. The van der Waals surface area contributed by atoms with Gasteiger partial charge >= 0.3 is 0 Å². The van der Waals surface area contributed by atoms with Gasteiger partial charge in [0.1, 0.15) is 0 Å². The molecule has 1 heteroatoms. The fraction of sp³-hybridized carbons (Fsp3) is 1.00. The summed E-state index contributed by atoms with van der Waals surface area (Å²) in [5, 5.41) is 3.64. The Morgan fingerprint density at radius 1 is 1.15 bits per heavy atom. The lowest BCUT2D eigenvalue weighted by atomic mass is 9.97. The average Bonchev–Trinajstić information content (AvgIpc) is 2.02. The van der Waals surface area contributed by atoms with E-state index in [2.05, 4.69) is 39.9 Å². The minimum Gasteiger partial charge on any atom is -0.312 e. The highest BCUT2D eigenvalue weighted by molar-refractivity contribution is 4.77. The summed E-state index contributed by atoms with van der Waals surface area (Å²) in [6.45, 7) is 12.6. The zero-order valence-electron chi connectivity index (χ0n) is 10.1. The van der Waals surface area contributed by atoms with Crippen molar-refractivity contribution in [1.82, 2.24) is 5.32 Å². The van der Waals surface area contributed by atoms with Crippen molar-refractivity contribution in [3.63, 3.8) is 0 Å². The summed E-state index contributed by atoms with van der Waals surface area (Å²) in [6, 6.07) is 0. The topological polar surface area (TPSA) is 12.0 Å². The molecule has 0 rings (SSSR count). The molecule has 0 aliphatic rings. The van der Waals surface area contributed by atoms with Gasteiger partial charge in [0.15, 0.2) is 0 Å². The van der Waals surface area contributed by atoms with E-state index in [1.165, 1.54) is 32.2 Å². The quantitative estimate of drug-likeness (QED) is 0.639. The van der Waals surface area contributed by atoms with Gasteiger partial charge in [-0.25, -0.2) is 0 Å². The van der Waals surface area contributed by atoms with Crippen molar-refractivity contribution in [3.8, 4) is 0 Å². The van der Waals surface area contributed by atoms with Crippen LogP contribution < -0.4 is 5.32 Å². The van der Waals surface area contributed by atoms with Crippen LogP contribution in [0, 0.1) is 5.92 Å². The minimum absolute atomic E-state index is 0.330. The van der Waals surface area contributed by atoms with Crippen LogP contribution in [0.5, 0.6) is 0 Å². The van der Waals surface area contributed by atoms with Gasteiger partial charge in [-0.1, -0.05) is 33.6 Å². The standard InChI is InChI=1S/C12H27N/c1-6-8-11(3)10-13-12(4,5)9-7-2/h11,13H,6-10H2,1-5H3. The number of rotatable bonds is 7. The van der Waals surface area contributed by atoms with Gasteiger partial charge in [-0.3, -0.25) is 0 Å². The van der Waals surface area contributed by atoms with E-state index in [0.29, 0.717) is 5.54 Å². The molecule has 0 heterocycles. The molecular weight excluding hydrogens is 158 g/mol. The van der Waals surface area contributed by atoms with Crippen molar-refractivity contribution in [2.75, 3.05) is 6.54 Å². The molecular formula is C12H27N.